The van der Waals surface area contributed by atoms with Crippen LogP contribution in [0.1, 0.15) is 22.7 Å². The number of methoxy groups -OCH3 is 2. The van der Waals surface area contributed by atoms with E-state index in [9.17, 15) is 4.79 Å². The summed E-state index contributed by atoms with van der Waals surface area (Å²) in [6.07, 6.45) is 1.35. The van der Waals surface area contributed by atoms with Crippen LogP contribution in [-0.4, -0.2) is 33.2 Å². The van der Waals surface area contributed by atoms with Crippen LogP contribution in [0.2, 0.25) is 0 Å². The number of carbonyl (C=O) groups is 1. The van der Waals surface area contributed by atoms with Crippen LogP contribution in [0.25, 0.3) is 0 Å². The largest absolute Gasteiger partial charge is 0.493 e. The van der Waals surface area contributed by atoms with Gasteiger partial charge < -0.3 is 20.1 Å². The van der Waals surface area contributed by atoms with Crippen molar-refractivity contribution in [3.05, 3.63) is 59.2 Å². The average molecular weight is 340 g/mol. The van der Waals surface area contributed by atoms with Crippen molar-refractivity contribution >= 4 is 5.91 Å². The number of amides is 1. The molecule has 2 N–H and O–H groups in total. The van der Waals surface area contributed by atoms with E-state index in [1.54, 1.807) is 14.2 Å². The summed E-state index contributed by atoms with van der Waals surface area (Å²) < 4.78 is 10.5. The lowest BCUT2D eigenvalue weighted by molar-refractivity contribution is -0.120. The Bertz CT molecular complexity index is 745. The Hall–Kier alpha value is -2.53. The Kier molecular flexibility index (Phi) is 5.56. The summed E-state index contributed by atoms with van der Waals surface area (Å²) in [6.45, 7) is 1.52. The molecule has 25 heavy (non-hydrogen) atoms. The Morgan fingerprint density at radius 3 is 2.76 bits per heavy atom. The third-order valence-corrected chi connectivity index (χ3v) is 4.53. The second-order valence-electron chi connectivity index (χ2n) is 6.13. The first kappa shape index (κ1) is 17.3. The third kappa shape index (κ3) is 4.12. The molecule has 5 nitrogen and oxygen atoms in total. The summed E-state index contributed by atoms with van der Waals surface area (Å²) in [6, 6.07) is 14.1. The van der Waals surface area contributed by atoms with Gasteiger partial charge in [-0.1, -0.05) is 30.3 Å². The fraction of sp³-hybridized carbons (Fsp3) is 0.350. The Labute approximate surface area is 148 Å². The summed E-state index contributed by atoms with van der Waals surface area (Å²) in [4.78, 5) is 12.3. The van der Waals surface area contributed by atoms with Crippen LogP contribution in [-0.2, 0) is 17.6 Å². The van der Waals surface area contributed by atoms with Crippen LogP contribution in [0.5, 0.6) is 11.5 Å². The van der Waals surface area contributed by atoms with Crippen LogP contribution >= 0.6 is 0 Å². The van der Waals surface area contributed by atoms with E-state index in [1.807, 2.05) is 24.3 Å². The van der Waals surface area contributed by atoms with E-state index in [0.717, 1.165) is 18.5 Å². The van der Waals surface area contributed by atoms with Crippen molar-refractivity contribution in [2.75, 3.05) is 27.3 Å². The molecule has 1 aliphatic heterocycles. The molecular formula is C20H24N2O3. The van der Waals surface area contributed by atoms with Crippen LogP contribution < -0.4 is 20.1 Å². The van der Waals surface area contributed by atoms with Gasteiger partial charge in [-0.25, -0.2) is 0 Å². The number of carbonyl (C=O) groups excluding carboxylic acids is 1. The molecule has 1 amide bonds. The van der Waals surface area contributed by atoms with Gasteiger partial charge in [0.15, 0.2) is 11.5 Å². The third-order valence-electron chi connectivity index (χ3n) is 4.53. The first-order valence-corrected chi connectivity index (χ1v) is 8.50. The summed E-state index contributed by atoms with van der Waals surface area (Å²) in [7, 11) is 3.19. The van der Waals surface area contributed by atoms with Crippen molar-refractivity contribution in [2.24, 2.45) is 0 Å². The van der Waals surface area contributed by atoms with Crippen molar-refractivity contribution in [1.82, 2.24) is 10.6 Å². The van der Waals surface area contributed by atoms with Gasteiger partial charge >= 0.3 is 0 Å². The van der Waals surface area contributed by atoms with Crippen molar-refractivity contribution in [3.63, 3.8) is 0 Å². The Morgan fingerprint density at radius 1 is 1.16 bits per heavy atom. The molecule has 132 valence electrons. The molecule has 5 heteroatoms. The van der Waals surface area contributed by atoms with Crippen LogP contribution in [0.3, 0.4) is 0 Å². The fourth-order valence-corrected chi connectivity index (χ4v) is 3.23. The van der Waals surface area contributed by atoms with Crippen LogP contribution in [0.15, 0.2) is 42.5 Å². The standard InChI is InChI=1S/C20H24N2O3/c1-24-18-8-7-14(11-19(18)25-2)12-20(23)22-13-17-16-6-4-3-5-15(16)9-10-21-17/h3-8,11,17,21H,9-10,12-13H2,1-2H3,(H,22,23). The lowest BCUT2D eigenvalue weighted by atomic mass is 9.94. The zero-order chi connectivity index (χ0) is 17.6. The summed E-state index contributed by atoms with van der Waals surface area (Å²) in [5.41, 5.74) is 3.53. The molecule has 0 aromatic heterocycles. The highest BCUT2D eigenvalue weighted by molar-refractivity contribution is 5.78. The monoisotopic (exact) mass is 340 g/mol. The highest BCUT2D eigenvalue weighted by Gasteiger charge is 2.19. The molecule has 0 fully saturated rings. The summed E-state index contributed by atoms with van der Waals surface area (Å²) >= 11 is 0. The molecule has 3 rings (SSSR count). The Morgan fingerprint density at radius 2 is 1.96 bits per heavy atom. The van der Waals surface area contributed by atoms with E-state index in [-0.39, 0.29) is 11.9 Å². The van der Waals surface area contributed by atoms with Gasteiger partial charge in [0.1, 0.15) is 0 Å². The maximum Gasteiger partial charge on any atom is 0.224 e. The fourth-order valence-electron chi connectivity index (χ4n) is 3.23. The van der Waals surface area contributed by atoms with Crippen molar-refractivity contribution < 1.29 is 14.3 Å². The van der Waals surface area contributed by atoms with Gasteiger partial charge in [0.05, 0.1) is 20.6 Å². The van der Waals surface area contributed by atoms with E-state index >= 15 is 0 Å². The van der Waals surface area contributed by atoms with Crippen molar-refractivity contribution in [3.8, 4) is 11.5 Å². The molecule has 2 aromatic carbocycles. The lowest BCUT2D eigenvalue weighted by Gasteiger charge is -2.27. The van der Waals surface area contributed by atoms with Crippen LogP contribution in [0.4, 0.5) is 0 Å². The smallest absolute Gasteiger partial charge is 0.224 e. The SMILES string of the molecule is COc1ccc(CC(=O)NCC2NCCc3ccccc32)cc1OC. The number of fused-ring (bicyclic) bond motifs is 1. The second-order valence-corrected chi connectivity index (χ2v) is 6.13. The molecule has 0 aliphatic carbocycles. The first-order valence-electron chi connectivity index (χ1n) is 8.50. The van der Waals surface area contributed by atoms with Crippen molar-refractivity contribution in [2.45, 2.75) is 18.9 Å². The zero-order valence-corrected chi connectivity index (χ0v) is 14.7. The zero-order valence-electron chi connectivity index (χ0n) is 14.7. The minimum atomic E-state index is -0.00271. The first-order chi connectivity index (χ1) is 12.2. The van der Waals surface area contributed by atoms with Crippen molar-refractivity contribution in [1.29, 1.82) is 0 Å². The number of hydrogen-bond donors (Lipinski definition) is 2. The highest BCUT2D eigenvalue weighted by Crippen LogP contribution is 2.27. The number of benzene rings is 2. The molecule has 2 aromatic rings. The van der Waals surface area contributed by atoms with E-state index in [2.05, 4.69) is 28.8 Å². The lowest BCUT2D eigenvalue weighted by Crippen LogP contribution is -2.39. The van der Waals surface area contributed by atoms with Gasteiger partial charge in [0.2, 0.25) is 5.91 Å². The summed E-state index contributed by atoms with van der Waals surface area (Å²) in [5, 5.41) is 6.51. The van der Waals surface area contributed by atoms with E-state index in [4.69, 9.17) is 9.47 Å². The quantitative estimate of drug-likeness (QED) is 0.847. The number of rotatable bonds is 6. The molecular weight excluding hydrogens is 316 g/mol. The molecule has 1 atom stereocenters. The highest BCUT2D eigenvalue weighted by atomic mass is 16.5. The maximum atomic E-state index is 12.3. The Balaban J connectivity index is 1.59. The maximum absolute atomic E-state index is 12.3. The molecule has 0 bridgehead atoms. The van der Waals surface area contributed by atoms with Gasteiger partial charge in [-0.2, -0.15) is 0 Å². The predicted octanol–water partition coefficient (Wildman–Crippen LogP) is 2.25. The van der Waals surface area contributed by atoms with Gasteiger partial charge in [-0.05, 0) is 41.8 Å². The molecule has 1 heterocycles. The number of nitrogens with one attached hydrogen (secondary N) is 2. The average Bonchev–Trinajstić information content (AvgIpc) is 2.66. The van der Waals surface area contributed by atoms with Crippen LogP contribution in [0, 0.1) is 0 Å². The topological polar surface area (TPSA) is 59.6 Å². The molecule has 0 radical (unpaired) electrons. The number of ether oxygens (including phenoxy) is 2. The molecule has 1 aliphatic rings. The molecule has 0 saturated heterocycles. The normalized spacial score (nSPS) is 16.0. The van der Waals surface area contributed by atoms with E-state index < -0.39 is 0 Å². The van der Waals surface area contributed by atoms with Gasteiger partial charge in [-0.3, -0.25) is 4.79 Å². The van der Waals surface area contributed by atoms with Gasteiger partial charge in [0, 0.05) is 12.6 Å². The minimum absolute atomic E-state index is 0.00271. The van der Waals surface area contributed by atoms with E-state index in [0.29, 0.717) is 24.5 Å². The second kappa shape index (κ2) is 8.03. The molecule has 0 spiro atoms. The van der Waals surface area contributed by atoms with Gasteiger partial charge in [0.25, 0.3) is 0 Å². The minimum Gasteiger partial charge on any atom is -0.493 e. The molecule has 1 unspecified atom stereocenters. The number of hydrogen-bond acceptors (Lipinski definition) is 4. The molecule has 0 saturated carbocycles. The predicted molar refractivity (Wildman–Crippen MR) is 97.1 cm³/mol. The van der Waals surface area contributed by atoms with Gasteiger partial charge in [-0.15, -0.1) is 0 Å². The summed E-state index contributed by atoms with van der Waals surface area (Å²) in [5.74, 6) is 1.29. The van der Waals surface area contributed by atoms with E-state index in [1.165, 1.54) is 11.1 Å².